The van der Waals surface area contributed by atoms with E-state index in [1.54, 1.807) is 0 Å². The minimum atomic E-state index is -1.15. The van der Waals surface area contributed by atoms with Gasteiger partial charge in [-0.25, -0.2) is 4.79 Å². The Bertz CT molecular complexity index is 722. The molecule has 21 heavy (non-hydrogen) atoms. The highest BCUT2D eigenvalue weighted by Crippen LogP contribution is 2.32. The topological polar surface area (TPSA) is 129 Å². The molecule has 0 spiro atoms. The van der Waals surface area contributed by atoms with Crippen molar-refractivity contribution in [2.45, 2.75) is 0 Å². The van der Waals surface area contributed by atoms with Gasteiger partial charge in [-0.05, 0) is 6.07 Å². The van der Waals surface area contributed by atoms with Gasteiger partial charge in [0.25, 0.3) is 11.6 Å². The Labute approximate surface area is 117 Å². The summed E-state index contributed by atoms with van der Waals surface area (Å²) < 4.78 is 10.3. The van der Waals surface area contributed by atoms with E-state index < -0.39 is 10.9 Å². The Hall–Kier alpha value is -3.23. The van der Waals surface area contributed by atoms with Crippen molar-refractivity contribution in [3.8, 4) is 17.2 Å². The monoisotopic (exact) mass is 291 g/mol. The first kappa shape index (κ1) is 14.2. The fraction of sp³-hybridized carbons (Fsp3) is 0.0833. The molecule has 1 aromatic heterocycles. The van der Waals surface area contributed by atoms with Gasteiger partial charge in [0.05, 0.1) is 23.7 Å². The van der Waals surface area contributed by atoms with E-state index in [-0.39, 0.29) is 23.2 Å². The van der Waals surface area contributed by atoms with E-state index in [9.17, 15) is 14.9 Å². The molecular weight excluding hydrogens is 282 g/mol. The number of carbonyl (C=O) groups is 1. The molecule has 0 atom stereocenters. The zero-order chi connectivity index (χ0) is 15.4. The van der Waals surface area contributed by atoms with Crippen molar-refractivity contribution in [1.82, 2.24) is 10.2 Å². The van der Waals surface area contributed by atoms with Crippen molar-refractivity contribution in [2.24, 2.45) is 0 Å². The fourth-order valence-corrected chi connectivity index (χ4v) is 1.52. The van der Waals surface area contributed by atoms with E-state index in [4.69, 9.17) is 14.3 Å². The van der Waals surface area contributed by atoms with Gasteiger partial charge in [-0.15, -0.1) is 10.2 Å². The lowest BCUT2D eigenvalue weighted by molar-refractivity contribution is -0.384. The van der Waals surface area contributed by atoms with Crippen LogP contribution in [0.4, 0.5) is 5.69 Å². The third kappa shape index (κ3) is 3.21. The molecule has 2 rings (SSSR count). The molecular formula is C12H9N3O6. The van der Waals surface area contributed by atoms with Crippen molar-refractivity contribution in [2.75, 3.05) is 7.11 Å². The Balaban J connectivity index is 2.38. The molecule has 0 saturated carbocycles. The molecule has 0 fully saturated rings. The number of benzene rings is 1. The van der Waals surface area contributed by atoms with Crippen LogP contribution in [-0.4, -0.2) is 33.3 Å². The highest BCUT2D eigenvalue weighted by molar-refractivity contribution is 5.84. The van der Waals surface area contributed by atoms with Crippen LogP contribution >= 0.6 is 0 Å². The number of carboxylic acids is 1. The first-order valence-corrected chi connectivity index (χ1v) is 5.58. The summed E-state index contributed by atoms with van der Waals surface area (Å²) in [6, 6.07) is 3.91. The van der Waals surface area contributed by atoms with Crippen LogP contribution in [0.2, 0.25) is 0 Å². The average Bonchev–Trinajstić information content (AvgIpc) is 2.93. The Morgan fingerprint density at radius 1 is 1.48 bits per heavy atom. The maximum Gasteiger partial charge on any atom is 0.328 e. The van der Waals surface area contributed by atoms with Gasteiger partial charge in [-0.3, -0.25) is 10.1 Å². The van der Waals surface area contributed by atoms with Gasteiger partial charge in [0, 0.05) is 18.2 Å². The van der Waals surface area contributed by atoms with Crippen LogP contribution in [0.25, 0.3) is 17.5 Å². The van der Waals surface area contributed by atoms with Gasteiger partial charge in [0.2, 0.25) is 5.89 Å². The SMILES string of the molecule is COc1cc([N+](=O)[O-])ccc1-c1nnc(/C=C/C(=O)O)o1. The number of nitrogens with zero attached hydrogens (tertiary/aromatic N) is 3. The average molecular weight is 291 g/mol. The molecule has 0 aliphatic carbocycles. The molecule has 9 nitrogen and oxygen atoms in total. The van der Waals surface area contributed by atoms with Crippen LogP contribution in [0, 0.1) is 10.1 Å². The second-order valence-corrected chi connectivity index (χ2v) is 3.76. The molecule has 108 valence electrons. The van der Waals surface area contributed by atoms with Crippen LogP contribution in [0.15, 0.2) is 28.7 Å². The Morgan fingerprint density at radius 3 is 2.86 bits per heavy atom. The van der Waals surface area contributed by atoms with Crippen molar-refractivity contribution in [3.05, 3.63) is 40.3 Å². The van der Waals surface area contributed by atoms with Crippen LogP contribution < -0.4 is 4.74 Å². The predicted octanol–water partition coefficient (Wildman–Crippen LogP) is 1.75. The number of aliphatic carboxylic acids is 1. The number of aromatic nitrogens is 2. The summed E-state index contributed by atoms with van der Waals surface area (Å²) in [4.78, 5) is 20.5. The van der Waals surface area contributed by atoms with E-state index in [1.807, 2.05) is 0 Å². The summed E-state index contributed by atoms with van der Waals surface area (Å²) in [5.74, 6) is -0.899. The van der Waals surface area contributed by atoms with Gasteiger partial charge in [0.15, 0.2) is 0 Å². The predicted molar refractivity (Wildman–Crippen MR) is 69.6 cm³/mol. The van der Waals surface area contributed by atoms with Gasteiger partial charge >= 0.3 is 5.97 Å². The number of methoxy groups -OCH3 is 1. The minimum absolute atomic E-state index is 0.00666. The number of hydrogen-bond acceptors (Lipinski definition) is 7. The Kier molecular flexibility index (Phi) is 3.93. The standard InChI is InChI=1S/C12H9N3O6/c1-20-9-6-7(15(18)19)2-3-8(9)12-14-13-10(21-12)4-5-11(16)17/h2-6H,1H3,(H,16,17)/b5-4+. The van der Waals surface area contributed by atoms with E-state index in [0.717, 1.165) is 12.2 Å². The van der Waals surface area contributed by atoms with Crippen molar-refractivity contribution in [3.63, 3.8) is 0 Å². The molecule has 1 heterocycles. The van der Waals surface area contributed by atoms with Crippen LogP contribution in [0.3, 0.4) is 0 Å². The molecule has 0 unspecified atom stereocenters. The van der Waals surface area contributed by atoms with Crippen molar-refractivity contribution >= 4 is 17.7 Å². The van der Waals surface area contributed by atoms with E-state index in [0.29, 0.717) is 5.56 Å². The number of carboxylic acid groups (broad SMARTS) is 1. The first-order valence-electron chi connectivity index (χ1n) is 5.58. The van der Waals surface area contributed by atoms with Crippen LogP contribution in [0.1, 0.15) is 5.89 Å². The highest BCUT2D eigenvalue weighted by Gasteiger charge is 2.16. The summed E-state index contributed by atoms with van der Waals surface area (Å²) >= 11 is 0. The number of ether oxygens (including phenoxy) is 1. The zero-order valence-corrected chi connectivity index (χ0v) is 10.7. The smallest absolute Gasteiger partial charge is 0.328 e. The first-order chi connectivity index (χ1) is 10.0. The molecule has 2 aromatic rings. The van der Waals surface area contributed by atoms with Gasteiger partial charge in [-0.1, -0.05) is 0 Å². The van der Waals surface area contributed by atoms with E-state index in [2.05, 4.69) is 10.2 Å². The fourth-order valence-electron chi connectivity index (χ4n) is 1.52. The number of non-ortho nitro benzene ring substituents is 1. The van der Waals surface area contributed by atoms with E-state index >= 15 is 0 Å². The number of rotatable bonds is 5. The maximum atomic E-state index is 10.7. The molecule has 1 N–H and O–H groups in total. The summed E-state index contributed by atoms with van der Waals surface area (Å²) in [5.41, 5.74) is 0.228. The van der Waals surface area contributed by atoms with Gasteiger partial charge in [0.1, 0.15) is 5.75 Å². The quantitative estimate of drug-likeness (QED) is 0.501. The largest absolute Gasteiger partial charge is 0.496 e. The lowest BCUT2D eigenvalue weighted by Gasteiger charge is -2.04. The molecule has 0 aliphatic rings. The summed E-state index contributed by atoms with van der Waals surface area (Å²) in [6.45, 7) is 0. The van der Waals surface area contributed by atoms with Crippen molar-refractivity contribution in [1.29, 1.82) is 0 Å². The van der Waals surface area contributed by atoms with Gasteiger partial charge in [-0.2, -0.15) is 0 Å². The molecule has 0 aliphatic heterocycles. The molecule has 9 heteroatoms. The third-order valence-electron chi connectivity index (χ3n) is 2.44. The third-order valence-corrected chi connectivity index (χ3v) is 2.44. The zero-order valence-electron chi connectivity index (χ0n) is 10.7. The lowest BCUT2D eigenvalue weighted by atomic mass is 10.2. The van der Waals surface area contributed by atoms with Crippen molar-refractivity contribution < 1.29 is 24.0 Å². The molecule has 0 amide bonds. The summed E-state index contributed by atoms with van der Waals surface area (Å²) in [7, 11) is 1.35. The number of nitro benzene ring substituents is 1. The molecule has 0 saturated heterocycles. The lowest BCUT2D eigenvalue weighted by Crippen LogP contribution is -1.92. The van der Waals surface area contributed by atoms with E-state index in [1.165, 1.54) is 25.3 Å². The normalized spacial score (nSPS) is 10.7. The second kappa shape index (κ2) is 5.82. The summed E-state index contributed by atoms with van der Waals surface area (Å²) in [6.07, 6.45) is 1.99. The van der Waals surface area contributed by atoms with Crippen LogP contribution in [0.5, 0.6) is 5.75 Å². The molecule has 1 aromatic carbocycles. The maximum absolute atomic E-state index is 10.7. The molecule has 0 radical (unpaired) electrons. The minimum Gasteiger partial charge on any atom is -0.496 e. The van der Waals surface area contributed by atoms with Crippen LogP contribution in [-0.2, 0) is 4.79 Å². The number of hydrogen-bond donors (Lipinski definition) is 1. The highest BCUT2D eigenvalue weighted by atomic mass is 16.6. The second-order valence-electron chi connectivity index (χ2n) is 3.76. The Morgan fingerprint density at radius 2 is 2.24 bits per heavy atom. The van der Waals surface area contributed by atoms with Gasteiger partial charge < -0.3 is 14.3 Å². The molecule has 0 bridgehead atoms. The number of nitro groups is 1. The summed E-state index contributed by atoms with van der Waals surface area (Å²) in [5, 5.41) is 26.6.